The lowest BCUT2D eigenvalue weighted by Gasteiger charge is -2.30. The fourth-order valence-corrected chi connectivity index (χ4v) is 1.94. The predicted octanol–water partition coefficient (Wildman–Crippen LogP) is 2.04. The molecular formula is C10H14BrClN2O2. The summed E-state index contributed by atoms with van der Waals surface area (Å²) < 4.78 is 0.694. The van der Waals surface area contributed by atoms with Crippen molar-refractivity contribution >= 4 is 33.3 Å². The molecule has 0 atom stereocenters. The summed E-state index contributed by atoms with van der Waals surface area (Å²) in [5.74, 6) is 0.550. The van der Waals surface area contributed by atoms with E-state index in [9.17, 15) is 10.2 Å². The number of halogens is 2. The molecule has 1 aromatic heterocycles. The second-order valence-electron chi connectivity index (χ2n) is 3.56. The van der Waals surface area contributed by atoms with Gasteiger partial charge in [-0.05, 0) is 28.4 Å². The fraction of sp³-hybridized carbons (Fsp3) is 0.500. The van der Waals surface area contributed by atoms with Gasteiger partial charge < -0.3 is 15.5 Å². The molecule has 90 valence electrons. The lowest BCUT2D eigenvalue weighted by molar-refractivity contribution is 0.132. The summed E-state index contributed by atoms with van der Waals surface area (Å²) in [5.41, 5.74) is -0.761. The maximum Gasteiger partial charge on any atom is 0.140 e. The quantitative estimate of drug-likeness (QED) is 0.779. The van der Waals surface area contributed by atoms with Crippen LogP contribution in [0.5, 0.6) is 0 Å². The van der Waals surface area contributed by atoms with Gasteiger partial charge in [0.1, 0.15) is 5.82 Å². The van der Waals surface area contributed by atoms with Crippen LogP contribution in [-0.2, 0) is 0 Å². The van der Waals surface area contributed by atoms with E-state index in [0.717, 1.165) is 0 Å². The monoisotopic (exact) mass is 308 g/mol. The largest absolute Gasteiger partial charge is 0.394 e. The number of nitrogens with zero attached hydrogens (tertiary/aromatic N) is 1. The molecule has 1 heterocycles. The van der Waals surface area contributed by atoms with Gasteiger partial charge >= 0.3 is 0 Å². The molecule has 0 aromatic carbocycles. The van der Waals surface area contributed by atoms with E-state index in [1.54, 1.807) is 6.07 Å². The molecule has 1 aromatic rings. The number of pyridine rings is 1. The Balaban J connectivity index is 2.93. The van der Waals surface area contributed by atoms with Gasteiger partial charge in [0.25, 0.3) is 0 Å². The molecule has 4 nitrogen and oxygen atoms in total. The van der Waals surface area contributed by atoms with Gasteiger partial charge in [0, 0.05) is 6.20 Å². The first kappa shape index (κ1) is 13.7. The molecule has 3 N–H and O–H groups in total. The lowest BCUT2D eigenvalue weighted by atomic mass is 9.98. The van der Waals surface area contributed by atoms with Gasteiger partial charge in [0.2, 0.25) is 0 Å². The van der Waals surface area contributed by atoms with Crippen LogP contribution >= 0.6 is 27.5 Å². The standard InChI is InChI=1S/C10H14BrClN2O2/c1-2-10(5-15,6-16)14-9-8(11)3-7(12)4-13-9/h3-4,15-16H,2,5-6H2,1H3,(H,13,14). The molecule has 16 heavy (non-hydrogen) atoms. The zero-order chi connectivity index (χ0) is 12.2. The molecule has 0 fully saturated rings. The summed E-state index contributed by atoms with van der Waals surface area (Å²) in [4.78, 5) is 4.09. The molecule has 0 aliphatic carbocycles. The summed E-state index contributed by atoms with van der Waals surface area (Å²) in [6.07, 6.45) is 2.08. The topological polar surface area (TPSA) is 65.4 Å². The van der Waals surface area contributed by atoms with Gasteiger partial charge in [0.15, 0.2) is 0 Å². The molecule has 6 heteroatoms. The van der Waals surface area contributed by atoms with Gasteiger partial charge in [-0.3, -0.25) is 0 Å². The highest BCUT2D eigenvalue weighted by Gasteiger charge is 2.27. The van der Waals surface area contributed by atoms with Crippen LogP contribution in [0.4, 0.5) is 5.82 Å². The first-order chi connectivity index (χ1) is 7.56. The molecule has 0 amide bonds. The second kappa shape index (κ2) is 5.82. The van der Waals surface area contributed by atoms with E-state index in [2.05, 4.69) is 26.2 Å². The Morgan fingerprint density at radius 1 is 1.50 bits per heavy atom. The number of aliphatic hydroxyl groups excluding tert-OH is 2. The minimum atomic E-state index is -0.761. The maximum absolute atomic E-state index is 9.29. The van der Waals surface area contributed by atoms with Crippen molar-refractivity contribution in [2.75, 3.05) is 18.5 Å². The van der Waals surface area contributed by atoms with Gasteiger partial charge in [-0.25, -0.2) is 4.98 Å². The van der Waals surface area contributed by atoms with E-state index < -0.39 is 5.54 Å². The highest BCUT2D eigenvalue weighted by atomic mass is 79.9. The van der Waals surface area contributed by atoms with Gasteiger partial charge in [0.05, 0.1) is 28.2 Å². The van der Waals surface area contributed by atoms with E-state index in [-0.39, 0.29) is 13.2 Å². The van der Waals surface area contributed by atoms with Crippen LogP contribution in [-0.4, -0.2) is 33.9 Å². The van der Waals surface area contributed by atoms with Crippen LogP contribution in [0.25, 0.3) is 0 Å². The third-order valence-electron chi connectivity index (χ3n) is 2.47. The van der Waals surface area contributed by atoms with Crippen LogP contribution < -0.4 is 5.32 Å². The Kier molecular flexibility index (Phi) is 4.98. The van der Waals surface area contributed by atoms with Crippen LogP contribution in [0.1, 0.15) is 13.3 Å². The van der Waals surface area contributed by atoms with Gasteiger partial charge in [-0.1, -0.05) is 18.5 Å². The summed E-state index contributed by atoms with van der Waals surface area (Å²) in [6.45, 7) is 1.54. The number of hydrogen-bond donors (Lipinski definition) is 3. The lowest BCUT2D eigenvalue weighted by Crippen LogP contribution is -2.45. The number of aromatic nitrogens is 1. The number of rotatable bonds is 5. The third kappa shape index (κ3) is 3.07. The summed E-state index contributed by atoms with van der Waals surface area (Å²) in [6, 6.07) is 1.70. The molecule has 0 bridgehead atoms. The average molecular weight is 310 g/mol. The van der Waals surface area contributed by atoms with Crippen LogP contribution in [0.15, 0.2) is 16.7 Å². The zero-order valence-corrected chi connectivity index (χ0v) is 11.2. The van der Waals surface area contributed by atoms with Crippen LogP contribution in [0.2, 0.25) is 5.02 Å². The second-order valence-corrected chi connectivity index (χ2v) is 4.85. The number of nitrogens with one attached hydrogen (secondary N) is 1. The first-order valence-electron chi connectivity index (χ1n) is 4.88. The van der Waals surface area contributed by atoms with Crippen molar-refractivity contribution in [1.29, 1.82) is 0 Å². The molecule has 0 aliphatic heterocycles. The van der Waals surface area contributed by atoms with E-state index >= 15 is 0 Å². The van der Waals surface area contributed by atoms with E-state index in [4.69, 9.17) is 11.6 Å². The Morgan fingerprint density at radius 3 is 2.56 bits per heavy atom. The van der Waals surface area contributed by atoms with Crippen LogP contribution in [0.3, 0.4) is 0 Å². The minimum Gasteiger partial charge on any atom is -0.394 e. The van der Waals surface area contributed by atoms with E-state index in [1.807, 2.05) is 6.92 Å². The zero-order valence-electron chi connectivity index (χ0n) is 8.87. The summed E-state index contributed by atoms with van der Waals surface area (Å²) >= 11 is 9.09. The van der Waals surface area contributed by atoms with E-state index in [0.29, 0.717) is 21.7 Å². The smallest absolute Gasteiger partial charge is 0.140 e. The van der Waals surface area contributed by atoms with Crippen molar-refractivity contribution in [3.8, 4) is 0 Å². The van der Waals surface area contributed by atoms with Crippen LogP contribution in [0, 0.1) is 0 Å². The molecule has 0 saturated heterocycles. The Morgan fingerprint density at radius 2 is 2.12 bits per heavy atom. The number of aliphatic hydroxyl groups is 2. The fourth-order valence-electron chi connectivity index (χ4n) is 1.20. The van der Waals surface area contributed by atoms with E-state index in [1.165, 1.54) is 6.20 Å². The van der Waals surface area contributed by atoms with Crippen molar-refractivity contribution < 1.29 is 10.2 Å². The predicted molar refractivity (Wildman–Crippen MR) is 67.8 cm³/mol. The molecule has 0 spiro atoms. The van der Waals surface area contributed by atoms with Gasteiger partial charge in [-0.2, -0.15) is 0 Å². The Hall–Kier alpha value is -0.360. The highest BCUT2D eigenvalue weighted by Crippen LogP contribution is 2.26. The third-order valence-corrected chi connectivity index (χ3v) is 3.28. The normalized spacial score (nSPS) is 11.6. The Labute approximate surface area is 108 Å². The average Bonchev–Trinajstić information content (AvgIpc) is 2.29. The van der Waals surface area contributed by atoms with Gasteiger partial charge in [-0.15, -0.1) is 0 Å². The maximum atomic E-state index is 9.29. The van der Waals surface area contributed by atoms with Crippen molar-refractivity contribution in [1.82, 2.24) is 4.98 Å². The Bertz CT molecular complexity index is 350. The van der Waals surface area contributed by atoms with Crippen molar-refractivity contribution in [3.63, 3.8) is 0 Å². The molecule has 0 radical (unpaired) electrons. The van der Waals surface area contributed by atoms with Crippen molar-refractivity contribution in [3.05, 3.63) is 21.8 Å². The SMILES string of the molecule is CCC(CO)(CO)Nc1ncc(Cl)cc1Br. The van der Waals surface area contributed by atoms with Crippen molar-refractivity contribution in [2.24, 2.45) is 0 Å². The molecule has 0 unspecified atom stereocenters. The summed E-state index contributed by atoms with van der Waals surface area (Å²) in [7, 11) is 0. The minimum absolute atomic E-state index is 0.170. The summed E-state index contributed by atoms with van der Waals surface area (Å²) in [5, 5.41) is 22.1. The van der Waals surface area contributed by atoms with Crippen molar-refractivity contribution in [2.45, 2.75) is 18.9 Å². The molecule has 1 rings (SSSR count). The first-order valence-corrected chi connectivity index (χ1v) is 6.05. The number of anilines is 1. The number of hydrogen-bond acceptors (Lipinski definition) is 4. The molecule has 0 saturated carbocycles. The molecular weight excluding hydrogens is 295 g/mol. The molecule has 0 aliphatic rings. The highest BCUT2D eigenvalue weighted by molar-refractivity contribution is 9.10.